The smallest absolute Gasteiger partial charge is 0.227 e. The van der Waals surface area contributed by atoms with Crippen molar-refractivity contribution in [1.29, 1.82) is 5.26 Å². The third-order valence-corrected chi connectivity index (χ3v) is 5.43. The number of nitrogens with one attached hydrogen (secondary N) is 2. The zero-order chi connectivity index (χ0) is 19.9. The second-order valence-corrected chi connectivity index (χ2v) is 7.20. The van der Waals surface area contributed by atoms with Crippen LogP contribution in [0.25, 0.3) is 0 Å². The van der Waals surface area contributed by atoms with Gasteiger partial charge in [-0.25, -0.2) is 0 Å². The van der Waals surface area contributed by atoms with E-state index in [0.29, 0.717) is 36.9 Å². The molecule has 1 aliphatic rings. The number of benzene rings is 2. The molecular formula is C23H25N3O2. The Morgan fingerprint density at radius 1 is 0.893 bits per heavy atom. The fraction of sp³-hybridized carbons (Fsp3) is 0.348. The number of para-hydroxylation sites is 2. The average molecular weight is 375 g/mol. The predicted molar refractivity (Wildman–Crippen MR) is 110 cm³/mol. The maximum absolute atomic E-state index is 12.6. The van der Waals surface area contributed by atoms with Gasteiger partial charge in [-0.1, -0.05) is 37.3 Å². The Labute approximate surface area is 165 Å². The van der Waals surface area contributed by atoms with E-state index >= 15 is 0 Å². The van der Waals surface area contributed by atoms with Crippen molar-refractivity contribution in [2.75, 3.05) is 10.6 Å². The first-order valence-electron chi connectivity index (χ1n) is 9.81. The molecule has 28 heavy (non-hydrogen) atoms. The molecule has 5 heteroatoms. The van der Waals surface area contributed by atoms with Crippen molar-refractivity contribution in [3.05, 3.63) is 59.7 Å². The van der Waals surface area contributed by atoms with Crippen LogP contribution in [0.5, 0.6) is 0 Å². The molecule has 2 N–H and O–H groups in total. The van der Waals surface area contributed by atoms with Crippen LogP contribution in [-0.4, -0.2) is 11.8 Å². The third kappa shape index (κ3) is 4.58. The minimum Gasteiger partial charge on any atom is -0.326 e. The van der Waals surface area contributed by atoms with E-state index in [9.17, 15) is 9.59 Å². The van der Waals surface area contributed by atoms with Crippen LogP contribution in [0.4, 0.5) is 11.4 Å². The number of carbonyl (C=O) groups excluding carboxylic acids is 2. The summed E-state index contributed by atoms with van der Waals surface area (Å²) in [6.07, 6.45) is 3.60. The van der Waals surface area contributed by atoms with E-state index in [1.807, 2.05) is 24.3 Å². The lowest BCUT2D eigenvalue weighted by atomic mass is 9.81. The lowest BCUT2D eigenvalue weighted by molar-refractivity contribution is -0.125. The van der Waals surface area contributed by atoms with Crippen LogP contribution in [0.1, 0.15) is 43.7 Å². The number of hydrogen-bond acceptors (Lipinski definition) is 3. The van der Waals surface area contributed by atoms with Crippen LogP contribution in [0.15, 0.2) is 48.5 Å². The topological polar surface area (TPSA) is 82.0 Å². The molecule has 0 atom stereocenters. The predicted octanol–water partition coefficient (Wildman–Crippen LogP) is 4.50. The highest BCUT2D eigenvalue weighted by atomic mass is 16.2. The first-order valence-corrected chi connectivity index (χ1v) is 9.81. The molecule has 2 amide bonds. The van der Waals surface area contributed by atoms with Crippen molar-refractivity contribution in [3.63, 3.8) is 0 Å². The Bertz CT molecular complexity index is 893. The molecule has 3 rings (SSSR count). The first-order chi connectivity index (χ1) is 13.6. The summed E-state index contributed by atoms with van der Waals surface area (Å²) in [6, 6.07) is 16.9. The molecule has 1 aliphatic carbocycles. The molecule has 0 radical (unpaired) electrons. The Morgan fingerprint density at radius 2 is 1.39 bits per heavy atom. The Kier molecular flexibility index (Phi) is 6.44. The van der Waals surface area contributed by atoms with Gasteiger partial charge in [-0.2, -0.15) is 5.26 Å². The molecule has 2 aromatic rings. The summed E-state index contributed by atoms with van der Waals surface area (Å²) in [5.74, 6) is -0.230. The van der Waals surface area contributed by atoms with Gasteiger partial charge < -0.3 is 10.6 Å². The SMILES string of the molecule is CCc1ccccc1NC(=O)C1CCC(C(=O)Nc2ccccc2C#N)CC1. The van der Waals surface area contributed by atoms with Crippen LogP contribution in [0, 0.1) is 23.2 Å². The summed E-state index contributed by atoms with van der Waals surface area (Å²) >= 11 is 0. The van der Waals surface area contributed by atoms with Gasteiger partial charge in [-0.05, 0) is 55.9 Å². The van der Waals surface area contributed by atoms with Crippen molar-refractivity contribution in [3.8, 4) is 6.07 Å². The Balaban J connectivity index is 1.54. The molecule has 0 unspecified atom stereocenters. The number of carbonyl (C=O) groups is 2. The van der Waals surface area contributed by atoms with Gasteiger partial charge in [0.2, 0.25) is 11.8 Å². The molecular weight excluding hydrogens is 350 g/mol. The van der Waals surface area contributed by atoms with Gasteiger partial charge in [0.25, 0.3) is 0 Å². The van der Waals surface area contributed by atoms with E-state index in [-0.39, 0.29) is 23.7 Å². The monoisotopic (exact) mass is 375 g/mol. The van der Waals surface area contributed by atoms with Crippen LogP contribution in [0.2, 0.25) is 0 Å². The molecule has 0 aliphatic heterocycles. The van der Waals surface area contributed by atoms with Gasteiger partial charge in [0.05, 0.1) is 11.3 Å². The number of hydrogen-bond donors (Lipinski definition) is 2. The molecule has 0 heterocycles. The second kappa shape index (κ2) is 9.18. The lowest BCUT2D eigenvalue weighted by Crippen LogP contribution is -2.32. The molecule has 2 aromatic carbocycles. The van der Waals surface area contributed by atoms with E-state index in [0.717, 1.165) is 17.7 Å². The average Bonchev–Trinajstić information content (AvgIpc) is 2.74. The van der Waals surface area contributed by atoms with Gasteiger partial charge in [0.1, 0.15) is 6.07 Å². The fourth-order valence-electron chi connectivity index (χ4n) is 3.73. The summed E-state index contributed by atoms with van der Waals surface area (Å²) in [5, 5.41) is 15.1. The number of anilines is 2. The highest BCUT2D eigenvalue weighted by molar-refractivity contribution is 5.95. The summed E-state index contributed by atoms with van der Waals surface area (Å²) in [5.41, 5.74) is 3.01. The van der Waals surface area contributed by atoms with Crippen LogP contribution in [0.3, 0.4) is 0 Å². The summed E-state index contributed by atoms with van der Waals surface area (Å²) in [4.78, 5) is 25.2. The zero-order valence-electron chi connectivity index (χ0n) is 16.1. The molecule has 0 bridgehead atoms. The van der Waals surface area contributed by atoms with Gasteiger partial charge in [-0.15, -0.1) is 0 Å². The first kappa shape index (κ1) is 19.6. The summed E-state index contributed by atoms with van der Waals surface area (Å²) < 4.78 is 0. The Hall–Kier alpha value is -3.13. The van der Waals surface area contributed by atoms with Gasteiger partial charge >= 0.3 is 0 Å². The number of amides is 2. The third-order valence-electron chi connectivity index (χ3n) is 5.43. The molecule has 1 saturated carbocycles. The van der Waals surface area contributed by atoms with E-state index < -0.39 is 0 Å². The van der Waals surface area contributed by atoms with E-state index in [1.165, 1.54) is 0 Å². The number of aryl methyl sites for hydroxylation is 1. The molecule has 144 valence electrons. The largest absolute Gasteiger partial charge is 0.326 e. The second-order valence-electron chi connectivity index (χ2n) is 7.20. The van der Waals surface area contributed by atoms with Crippen molar-refractivity contribution < 1.29 is 9.59 Å². The molecule has 0 aromatic heterocycles. The van der Waals surface area contributed by atoms with Crippen molar-refractivity contribution >= 4 is 23.2 Å². The highest BCUT2D eigenvalue weighted by Gasteiger charge is 2.30. The number of rotatable bonds is 5. The lowest BCUT2D eigenvalue weighted by Gasteiger charge is -2.27. The van der Waals surface area contributed by atoms with Gasteiger partial charge in [0.15, 0.2) is 0 Å². The van der Waals surface area contributed by atoms with Crippen LogP contribution < -0.4 is 10.6 Å². The minimum absolute atomic E-state index is 0.0367. The molecule has 0 saturated heterocycles. The quantitative estimate of drug-likeness (QED) is 0.807. The van der Waals surface area contributed by atoms with Crippen LogP contribution >= 0.6 is 0 Å². The van der Waals surface area contributed by atoms with Crippen molar-refractivity contribution in [1.82, 2.24) is 0 Å². The van der Waals surface area contributed by atoms with Gasteiger partial charge in [0, 0.05) is 17.5 Å². The minimum atomic E-state index is -0.126. The van der Waals surface area contributed by atoms with E-state index in [4.69, 9.17) is 5.26 Å². The van der Waals surface area contributed by atoms with Crippen molar-refractivity contribution in [2.24, 2.45) is 11.8 Å². The molecule has 0 spiro atoms. The Morgan fingerprint density at radius 3 is 1.96 bits per heavy atom. The van der Waals surface area contributed by atoms with E-state index in [2.05, 4.69) is 23.6 Å². The summed E-state index contributed by atoms with van der Waals surface area (Å²) in [6.45, 7) is 2.07. The summed E-state index contributed by atoms with van der Waals surface area (Å²) in [7, 11) is 0. The number of nitriles is 1. The fourth-order valence-corrected chi connectivity index (χ4v) is 3.73. The molecule has 5 nitrogen and oxygen atoms in total. The standard InChI is InChI=1S/C23H25N3O2/c1-2-16-7-3-5-9-20(16)25-22(27)17-11-13-18(14-12-17)23(28)26-21-10-6-4-8-19(21)15-24/h3-10,17-18H,2,11-14H2,1H3,(H,25,27)(H,26,28). The van der Waals surface area contributed by atoms with Crippen molar-refractivity contribution in [2.45, 2.75) is 39.0 Å². The van der Waals surface area contributed by atoms with Gasteiger partial charge in [-0.3, -0.25) is 9.59 Å². The number of nitrogens with zero attached hydrogens (tertiary/aromatic N) is 1. The molecule has 1 fully saturated rings. The van der Waals surface area contributed by atoms with Crippen LogP contribution in [-0.2, 0) is 16.0 Å². The highest BCUT2D eigenvalue weighted by Crippen LogP contribution is 2.31. The normalized spacial score (nSPS) is 18.7. The maximum Gasteiger partial charge on any atom is 0.227 e. The zero-order valence-corrected chi connectivity index (χ0v) is 16.1. The maximum atomic E-state index is 12.6. The van der Waals surface area contributed by atoms with E-state index in [1.54, 1.807) is 24.3 Å².